The Morgan fingerprint density at radius 1 is 1.00 bits per heavy atom. The van der Waals surface area contributed by atoms with Crippen LogP contribution in [0, 0.1) is 0 Å². The van der Waals surface area contributed by atoms with Crippen LogP contribution in [0.1, 0.15) is 43.0 Å². The molecule has 166 valence electrons. The van der Waals surface area contributed by atoms with Crippen LogP contribution in [0.25, 0.3) is 0 Å². The highest BCUT2D eigenvalue weighted by Crippen LogP contribution is 2.22. The zero-order valence-electron chi connectivity index (χ0n) is 18.8. The van der Waals surface area contributed by atoms with Gasteiger partial charge in [-0.05, 0) is 34.1 Å². The quantitative estimate of drug-likeness (QED) is 0.273. The molecule has 1 heterocycles. The van der Waals surface area contributed by atoms with Gasteiger partial charge in [-0.25, -0.2) is 9.67 Å². The van der Waals surface area contributed by atoms with E-state index < -0.39 is 0 Å². The summed E-state index contributed by atoms with van der Waals surface area (Å²) in [5.41, 5.74) is 5.28. The maximum Gasteiger partial charge on any atom is 0.191 e. The zero-order valence-corrected chi connectivity index (χ0v) is 21.1. The first-order valence-electron chi connectivity index (χ1n) is 10.4. The van der Waals surface area contributed by atoms with E-state index >= 15 is 0 Å². The van der Waals surface area contributed by atoms with Crippen LogP contribution in [-0.2, 0) is 24.9 Å². The Morgan fingerprint density at radius 3 is 2.39 bits per heavy atom. The third-order valence-corrected chi connectivity index (χ3v) is 5.01. The summed E-state index contributed by atoms with van der Waals surface area (Å²) in [4.78, 5) is 8.33. The molecule has 3 aromatic rings. The minimum atomic E-state index is 0. The van der Waals surface area contributed by atoms with Crippen LogP contribution >= 0.6 is 24.0 Å². The molecule has 3 rings (SSSR count). The highest BCUT2D eigenvalue weighted by atomic mass is 127. The van der Waals surface area contributed by atoms with Gasteiger partial charge in [0.25, 0.3) is 0 Å². The maximum atomic E-state index is 4.34. The van der Waals surface area contributed by atoms with Crippen molar-refractivity contribution in [1.82, 2.24) is 25.4 Å². The Kier molecular flexibility index (Phi) is 9.48. The molecule has 7 heteroatoms. The second kappa shape index (κ2) is 11.8. The summed E-state index contributed by atoms with van der Waals surface area (Å²) < 4.78 is 1.82. The molecule has 0 radical (unpaired) electrons. The Labute approximate surface area is 202 Å². The SMILES string of the molecule is CN=C(NCCc1ccc(C(C)(C)C)cc1)NCc1cccc(Cn2cncn2)c1.I. The fourth-order valence-corrected chi connectivity index (χ4v) is 3.24. The molecule has 0 aliphatic heterocycles. The third-order valence-electron chi connectivity index (χ3n) is 5.01. The van der Waals surface area contributed by atoms with Crippen LogP contribution in [0.3, 0.4) is 0 Å². The van der Waals surface area contributed by atoms with E-state index in [2.05, 4.69) is 95.0 Å². The molecule has 0 fully saturated rings. The summed E-state index contributed by atoms with van der Waals surface area (Å²) in [5.74, 6) is 0.808. The lowest BCUT2D eigenvalue weighted by Crippen LogP contribution is -2.37. The molecule has 0 saturated carbocycles. The van der Waals surface area contributed by atoms with E-state index in [4.69, 9.17) is 0 Å². The first-order chi connectivity index (χ1) is 14.4. The molecule has 0 aliphatic carbocycles. The van der Waals surface area contributed by atoms with Crippen LogP contribution < -0.4 is 10.6 Å². The van der Waals surface area contributed by atoms with Gasteiger partial charge in [0.05, 0.1) is 6.54 Å². The van der Waals surface area contributed by atoms with Crippen molar-refractivity contribution < 1.29 is 0 Å². The molecule has 1 aromatic heterocycles. The topological polar surface area (TPSA) is 67.1 Å². The number of aliphatic imine (C=N–C) groups is 1. The van der Waals surface area contributed by atoms with E-state index in [1.54, 1.807) is 19.7 Å². The normalized spacial score (nSPS) is 11.7. The van der Waals surface area contributed by atoms with Crippen molar-refractivity contribution in [3.63, 3.8) is 0 Å². The number of rotatable bonds is 7. The van der Waals surface area contributed by atoms with Crippen molar-refractivity contribution in [3.8, 4) is 0 Å². The first kappa shape index (κ1) is 24.8. The van der Waals surface area contributed by atoms with Gasteiger partial charge in [0, 0.05) is 20.1 Å². The van der Waals surface area contributed by atoms with Gasteiger partial charge in [-0.15, -0.1) is 24.0 Å². The molecule has 0 amide bonds. The fraction of sp³-hybridized carbons (Fsp3) is 0.375. The van der Waals surface area contributed by atoms with Crippen molar-refractivity contribution >= 4 is 29.9 Å². The Morgan fingerprint density at radius 2 is 1.74 bits per heavy atom. The van der Waals surface area contributed by atoms with Crippen LogP contribution in [0.2, 0.25) is 0 Å². The molecule has 31 heavy (non-hydrogen) atoms. The van der Waals surface area contributed by atoms with Crippen molar-refractivity contribution in [2.75, 3.05) is 13.6 Å². The lowest BCUT2D eigenvalue weighted by atomic mass is 9.86. The van der Waals surface area contributed by atoms with Gasteiger partial charge in [-0.2, -0.15) is 5.10 Å². The zero-order chi connectivity index (χ0) is 21.4. The van der Waals surface area contributed by atoms with Gasteiger partial charge in [0.15, 0.2) is 5.96 Å². The lowest BCUT2D eigenvalue weighted by Gasteiger charge is -2.19. The number of hydrogen-bond donors (Lipinski definition) is 2. The smallest absolute Gasteiger partial charge is 0.191 e. The molecular formula is C24H33IN6. The molecule has 0 aliphatic rings. The summed E-state index contributed by atoms with van der Waals surface area (Å²) >= 11 is 0. The minimum Gasteiger partial charge on any atom is -0.356 e. The number of nitrogens with one attached hydrogen (secondary N) is 2. The van der Waals surface area contributed by atoms with E-state index in [9.17, 15) is 0 Å². The predicted molar refractivity (Wildman–Crippen MR) is 138 cm³/mol. The van der Waals surface area contributed by atoms with Gasteiger partial charge < -0.3 is 10.6 Å². The van der Waals surface area contributed by atoms with Gasteiger partial charge >= 0.3 is 0 Å². The summed E-state index contributed by atoms with van der Waals surface area (Å²) in [7, 11) is 1.80. The van der Waals surface area contributed by atoms with Gasteiger partial charge in [0.2, 0.25) is 0 Å². The van der Waals surface area contributed by atoms with Gasteiger partial charge in [-0.1, -0.05) is 69.3 Å². The van der Waals surface area contributed by atoms with Crippen molar-refractivity contribution in [3.05, 3.63) is 83.4 Å². The summed E-state index contributed by atoms with van der Waals surface area (Å²) in [6.07, 6.45) is 4.24. The summed E-state index contributed by atoms with van der Waals surface area (Å²) in [6, 6.07) is 17.4. The van der Waals surface area contributed by atoms with Crippen molar-refractivity contribution in [2.24, 2.45) is 4.99 Å². The molecule has 0 spiro atoms. The summed E-state index contributed by atoms with van der Waals surface area (Å²) in [5, 5.41) is 11.0. The minimum absolute atomic E-state index is 0. The largest absolute Gasteiger partial charge is 0.356 e. The van der Waals surface area contributed by atoms with E-state index in [1.165, 1.54) is 22.3 Å². The lowest BCUT2D eigenvalue weighted by molar-refractivity contribution is 0.590. The Hall–Kier alpha value is -2.42. The number of benzene rings is 2. The fourth-order valence-electron chi connectivity index (χ4n) is 3.24. The molecular weight excluding hydrogens is 499 g/mol. The second-order valence-corrected chi connectivity index (χ2v) is 8.46. The van der Waals surface area contributed by atoms with E-state index in [0.717, 1.165) is 25.5 Å². The maximum absolute atomic E-state index is 4.34. The van der Waals surface area contributed by atoms with E-state index in [-0.39, 0.29) is 29.4 Å². The molecule has 6 nitrogen and oxygen atoms in total. The molecule has 2 aromatic carbocycles. The monoisotopic (exact) mass is 532 g/mol. The number of guanidine groups is 1. The van der Waals surface area contributed by atoms with E-state index in [0.29, 0.717) is 6.54 Å². The number of nitrogens with zero attached hydrogens (tertiary/aromatic N) is 4. The van der Waals surface area contributed by atoms with Gasteiger partial charge in [-0.3, -0.25) is 4.99 Å². The first-order valence-corrected chi connectivity index (χ1v) is 10.4. The average Bonchev–Trinajstić information content (AvgIpc) is 3.23. The van der Waals surface area contributed by atoms with Crippen LogP contribution in [-0.4, -0.2) is 34.3 Å². The Bertz CT molecular complexity index is 943. The molecule has 0 saturated heterocycles. The average molecular weight is 532 g/mol. The third kappa shape index (κ3) is 7.97. The molecule has 0 unspecified atom stereocenters. The van der Waals surface area contributed by atoms with Crippen molar-refractivity contribution in [1.29, 1.82) is 0 Å². The van der Waals surface area contributed by atoms with Gasteiger partial charge in [0.1, 0.15) is 12.7 Å². The standard InChI is InChI=1S/C24H32N6.HI/c1-24(2,3)22-10-8-19(9-11-22)12-13-27-23(25-4)28-15-20-6-5-7-21(14-20)16-30-18-26-17-29-30;/h5-11,14,17-18H,12-13,15-16H2,1-4H3,(H2,25,27,28);1H. The van der Waals surface area contributed by atoms with Crippen molar-refractivity contribution in [2.45, 2.75) is 45.7 Å². The molecule has 0 bridgehead atoms. The highest BCUT2D eigenvalue weighted by Gasteiger charge is 2.12. The van der Waals surface area contributed by atoms with Crippen LogP contribution in [0.5, 0.6) is 0 Å². The summed E-state index contributed by atoms with van der Waals surface area (Å²) in [6.45, 7) is 8.98. The molecule has 0 atom stereocenters. The number of halogens is 1. The second-order valence-electron chi connectivity index (χ2n) is 8.46. The number of hydrogen-bond acceptors (Lipinski definition) is 3. The van der Waals surface area contributed by atoms with Crippen LogP contribution in [0.4, 0.5) is 0 Å². The predicted octanol–water partition coefficient (Wildman–Crippen LogP) is 4.15. The number of aromatic nitrogens is 3. The van der Waals surface area contributed by atoms with E-state index in [1.807, 2.05) is 4.68 Å². The Balaban J connectivity index is 0.00000341. The molecule has 2 N–H and O–H groups in total. The van der Waals surface area contributed by atoms with Crippen LogP contribution in [0.15, 0.2) is 66.2 Å². The highest BCUT2D eigenvalue weighted by molar-refractivity contribution is 14.0.